The monoisotopic (exact) mass is 268 g/mol. The van der Waals surface area contributed by atoms with Gasteiger partial charge in [-0.05, 0) is 25.0 Å². The minimum Gasteiger partial charge on any atom is -0.392 e. The van der Waals surface area contributed by atoms with Crippen LogP contribution in [0.3, 0.4) is 0 Å². The zero-order valence-corrected chi connectivity index (χ0v) is 11.1. The van der Waals surface area contributed by atoms with E-state index in [1.807, 2.05) is 24.0 Å². The Kier molecular flexibility index (Phi) is 4.22. The van der Waals surface area contributed by atoms with E-state index in [1.54, 1.807) is 6.07 Å². The summed E-state index contributed by atoms with van der Waals surface area (Å²) >= 11 is 6.05. The smallest absolute Gasteiger partial charge is 0.238 e. The van der Waals surface area contributed by atoms with Crippen molar-refractivity contribution in [1.29, 1.82) is 0 Å². The minimum absolute atomic E-state index is 0.0969. The third-order valence-corrected chi connectivity index (χ3v) is 3.42. The lowest BCUT2D eigenvalue weighted by Gasteiger charge is -2.16. The number of nitrogens with zero attached hydrogens (tertiary/aromatic N) is 1. The molecule has 0 radical (unpaired) electrons. The van der Waals surface area contributed by atoms with Crippen molar-refractivity contribution in [2.45, 2.75) is 19.4 Å². The number of benzene rings is 1. The van der Waals surface area contributed by atoms with Crippen LogP contribution in [0.1, 0.15) is 12.0 Å². The Hall–Kier alpha value is -1.10. The summed E-state index contributed by atoms with van der Waals surface area (Å²) in [7, 11) is 0. The maximum atomic E-state index is 11.9. The van der Waals surface area contributed by atoms with Gasteiger partial charge in [-0.25, -0.2) is 0 Å². The average Bonchev–Trinajstić information content (AvgIpc) is 2.69. The number of rotatable bonds is 3. The van der Waals surface area contributed by atoms with Gasteiger partial charge in [0.1, 0.15) is 0 Å². The first-order chi connectivity index (χ1) is 8.56. The highest BCUT2D eigenvalue weighted by atomic mass is 35.5. The molecule has 18 heavy (non-hydrogen) atoms. The van der Waals surface area contributed by atoms with Crippen molar-refractivity contribution < 1.29 is 9.90 Å². The third kappa shape index (κ3) is 3.22. The number of anilines is 1. The Morgan fingerprint density at radius 2 is 2.39 bits per heavy atom. The fourth-order valence-electron chi connectivity index (χ4n) is 2.13. The minimum atomic E-state index is -0.306. The zero-order chi connectivity index (χ0) is 13.1. The molecule has 5 heteroatoms. The maximum absolute atomic E-state index is 11.9. The van der Waals surface area contributed by atoms with Crippen LogP contribution in [0, 0.1) is 6.92 Å². The number of halogens is 1. The molecule has 0 aliphatic carbocycles. The number of hydrogen-bond acceptors (Lipinski definition) is 3. The second-order valence-corrected chi connectivity index (χ2v) is 5.06. The summed E-state index contributed by atoms with van der Waals surface area (Å²) in [6.07, 6.45) is 0.429. The molecule has 0 saturated carbocycles. The van der Waals surface area contributed by atoms with Gasteiger partial charge in [0.2, 0.25) is 5.91 Å². The van der Waals surface area contributed by atoms with Crippen LogP contribution in [0.25, 0.3) is 0 Å². The summed E-state index contributed by atoms with van der Waals surface area (Å²) in [6, 6.07) is 5.51. The van der Waals surface area contributed by atoms with E-state index < -0.39 is 0 Å². The Balaban J connectivity index is 1.95. The van der Waals surface area contributed by atoms with Crippen molar-refractivity contribution in [3.8, 4) is 0 Å². The molecule has 98 valence electrons. The summed E-state index contributed by atoms with van der Waals surface area (Å²) in [4.78, 5) is 13.8. The molecular formula is C13H17ClN2O2. The van der Waals surface area contributed by atoms with Gasteiger partial charge in [-0.1, -0.05) is 23.7 Å². The summed E-state index contributed by atoms with van der Waals surface area (Å²) in [5, 5.41) is 12.8. The predicted octanol–water partition coefficient (Wildman–Crippen LogP) is 1.65. The van der Waals surface area contributed by atoms with Crippen LogP contribution in [0.15, 0.2) is 18.2 Å². The van der Waals surface area contributed by atoms with Gasteiger partial charge >= 0.3 is 0 Å². The van der Waals surface area contributed by atoms with Gasteiger partial charge in [-0.2, -0.15) is 0 Å². The normalized spacial score (nSPS) is 20.1. The molecule has 1 aromatic rings. The first-order valence-electron chi connectivity index (χ1n) is 6.01. The van der Waals surface area contributed by atoms with Crippen molar-refractivity contribution in [3.05, 3.63) is 28.8 Å². The van der Waals surface area contributed by atoms with E-state index in [2.05, 4.69) is 5.32 Å². The molecule has 2 N–H and O–H groups in total. The number of para-hydroxylation sites is 1. The maximum Gasteiger partial charge on any atom is 0.238 e. The Morgan fingerprint density at radius 1 is 1.61 bits per heavy atom. The number of nitrogens with one attached hydrogen (secondary N) is 1. The number of hydrogen-bond donors (Lipinski definition) is 2. The molecule has 0 bridgehead atoms. The summed E-state index contributed by atoms with van der Waals surface area (Å²) in [5.74, 6) is -0.0969. The SMILES string of the molecule is Cc1cccc(Cl)c1NC(=O)CN1CC[C@H](O)C1. The molecule has 1 aromatic carbocycles. The van der Waals surface area contributed by atoms with E-state index in [0.29, 0.717) is 23.8 Å². The largest absolute Gasteiger partial charge is 0.392 e. The lowest BCUT2D eigenvalue weighted by atomic mass is 10.2. The van der Waals surface area contributed by atoms with E-state index in [0.717, 1.165) is 18.5 Å². The number of β-amino-alcohol motifs (C(OH)–C–C–N with tert-alkyl or cyclic N) is 1. The van der Waals surface area contributed by atoms with E-state index in [1.165, 1.54) is 0 Å². The Bertz CT molecular complexity index is 430. The van der Waals surface area contributed by atoms with Gasteiger partial charge in [0, 0.05) is 13.1 Å². The standard InChI is InChI=1S/C13H17ClN2O2/c1-9-3-2-4-11(14)13(9)15-12(18)8-16-6-5-10(17)7-16/h2-4,10,17H,5-8H2,1H3,(H,15,18)/t10-/m0/s1. The van der Waals surface area contributed by atoms with E-state index in [-0.39, 0.29) is 12.0 Å². The van der Waals surface area contributed by atoms with Crippen LogP contribution in [0.5, 0.6) is 0 Å². The summed E-state index contributed by atoms with van der Waals surface area (Å²) in [5.41, 5.74) is 1.61. The van der Waals surface area contributed by atoms with Crippen molar-refractivity contribution >= 4 is 23.2 Å². The number of likely N-dealkylation sites (tertiary alicyclic amines) is 1. The average molecular weight is 269 g/mol. The second kappa shape index (κ2) is 5.69. The zero-order valence-electron chi connectivity index (χ0n) is 10.3. The highest BCUT2D eigenvalue weighted by Crippen LogP contribution is 2.25. The summed E-state index contributed by atoms with van der Waals surface area (Å²) < 4.78 is 0. The fourth-order valence-corrected chi connectivity index (χ4v) is 2.40. The van der Waals surface area contributed by atoms with Gasteiger partial charge in [-0.15, -0.1) is 0 Å². The molecule has 0 aromatic heterocycles. The quantitative estimate of drug-likeness (QED) is 0.877. The number of aliphatic hydroxyl groups excluding tert-OH is 1. The number of amides is 1. The fraction of sp³-hybridized carbons (Fsp3) is 0.462. The first kappa shape index (κ1) is 13.3. The number of aryl methyl sites for hydroxylation is 1. The van der Waals surface area contributed by atoms with Crippen LogP contribution < -0.4 is 5.32 Å². The second-order valence-electron chi connectivity index (χ2n) is 4.66. The molecule has 2 rings (SSSR count). The molecule has 4 nitrogen and oxygen atoms in total. The van der Waals surface area contributed by atoms with E-state index in [9.17, 15) is 9.90 Å². The van der Waals surface area contributed by atoms with Crippen molar-refractivity contribution in [2.24, 2.45) is 0 Å². The lowest BCUT2D eigenvalue weighted by Crippen LogP contribution is -2.32. The molecule has 1 amide bonds. The van der Waals surface area contributed by atoms with Gasteiger partial charge < -0.3 is 10.4 Å². The number of carbonyl (C=O) groups is 1. The molecule has 1 saturated heterocycles. The molecule has 1 aliphatic heterocycles. The van der Waals surface area contributed by atoms with Gasteiger partial charge in [0.05, 0.1) is 23.4 Å². The molecule has 1 fully saturated rings. The van der Waals surface area contributed by atoms with Crippen molar-refractivity contribution in [1.82, 2.24) is 4.90 Å². The van der Waals surface area contributed by atoms with E-state index in [4.69, 9.17) is 11.6 Å². The van der Waals surface area contributed by atoms with Crippen molar-refractivity contribution in [3.63, 3.8) is 0 Å². The summed E-state index contributed by atoms with van der Waals surface area (Å²) in [6.45, 7) is 3.52. The first-order valence-corrected chi connectivity index (χ1v) is 6.39. The molecule has 1 aliphatic rings. The molecular weight excluding hydrogens is 252 g/mol. The van der Waals surface area contributed by atoms with Crippen LogP contribution in [0.2, 0.25) is 5.02 Å². The number of aliphatic hydroxyl groups is 1. The molecule has 1 atom stereocenters. The van der Waals surface area contributed by atoms with Gasteiger partial charge in [0.25, 0.3) is 0 Å². The van der Waals surface area contributed by atoms with Crippen LogP contribution in [0.4, 0.5) is 5.69 Å². The topological polar surface area (TPSA) is 52.6 Å². The predicted molar refractivity (Wildman–Crippen MR) is 71.9 cm³/mol. The molecule has 1 heterocycles. The van der Waals surface area contributed by atoms with Gasteiger partial charge in [-0.3, -0.25) is 9.69 Å². The van der Waals surface area contributed by atoms with Crippen LogP contribution in [-0.4, -0.2) is 41.7 Å². The van der Waals surface area contributed by atoms with Crippen LogP contribution in [-0.2, 0) is 4.79 Å². The lowest BCUT2D eigenvalue weighted by molar-refractivity contribution is -0.117. The molecule has 0 spiro atoms. The third-order valence-electron chi connectivity index (χ3n) is 3.10. The Labute approximate surface area is 112 Å². The van der Waals surface area contributed by atoms with Gasteiger partial charge in [0.15, 0.2) is 0 Å². The number of carbonyl (C=O) groups excluding carboxylic acids is 1. The molecule has 0 unspecified atom stereocenters. The Morgan fingerprint density at radius 3 is 3.00 bits per heavy atom. The highest BCUT2D eigenvalue weighted by molar-refractivity contribution is 6.33. The van der Waals surface area contributed by atoms with Crippen molar-refractivity contribution in [2.75, 3.05) is 25.0 Å². The van der Waals surface area contributed by atoms with Crippen LogP contribution >= 0.6 is 11.6 Å². The highest BCUT2D eigenvalue weighted by Gasteiger charge is 2.22. The van der Waals surface area contributed by atoms with E-state index >= 15 is 0 Å².